The van der Waals surface area contributed by atoms with Crippen molar-refractivity contribution in [3.05, 3.63) is 64.8 Å². The normalized spacial score (nSPS) is 15.5. The van der Waals surface area contributed by atoms with Crippen LogP contribution in [0.1, 0.15) is 54.7 Å². The summed E-state index contributed by atoms with van der Waals surface area (Å²) in [5.41, 5.74) is 0.627. The highest BCUT2D eigenvalue weighted by Gasteiger charge is 2.24. The number of amides is 1. The van der Waals surface area contributed by atoms with Crippen LogP contribution in [0, 0.1) is 6.57 Å². The second kappa shape index (κ2) is 9.71. The quantitative estimate of drug-likeness (QED) is 0.649. The lowest BCUT2D eigenvalue weighted by molar-refractivity contribution is 0.0943. The largest absolute Gasteiger partial charge is 0.438 e. The van der Waals surface area contributed by atoms with Gasteiger partial charge in [-0.25, -0.2) is 18.2 Å². The maximum Gasteiger partial charge on any atom is 0.258 e. The van der Waals surface area contributed by atoms with Crippen LogP contribution in [-0.4, -0.2) is 36.6 Å². The third-order valence-corrected chi connectivity index (χ3v) is 5.54. The third kappa shape index (κ3) is 6.36. The van der Waals surface area contributed by atoms with Gasteiger partial charge in [-0.15, -0.1) is 0 Å². The molecule has 0 bridgehead atoms. The molecule has 0 radical (unpaired) electrons. The van der Waals surface area contributed by atoms with Crippen molar-refractivity contribution in [2.75, 3.05) is 6.26 Å². The van der Waals surface area contributed by atoms with Gasteiger partial charge in [-0.1, -0.05) is 31.1 Å². The van der Waals surface area contributed by atoms with Crippen LogP contribution >= 0.6 is 0 Å². The van der Waals surface area contributed by atoms with Gasteiger partial charge in [0.05, 0.1) is 6.57 Å². The molecule has 9 heteroatoms. The van der Waals surface area contributed by atoms with Gasteiger partial charge in [-0.05, 0) is 31.9 Å². The Morgan fingerprint density at radius 3 is 2.58 bits per heavy atom. The van der Waals surface area contributed by atoms with Gasteiger partial charge in [-0.3, -0.25) is 4.79 Å². The average Bonchev–Trinajstić information content (AvgIpc) is 3.27. The standard InChI is InChI=1S/C22H24N4O4S/c1-15(12-13-31(3,28)29)25-21(27)19-14-24-20(16-6-4-5-7-16)26-22(19)30-18-10-8-17(23-2)9-11-18/h8-16H,4-7H2,1,3H3,(H,25,27)/b13-12+/t15-/m0/s1. The van der Waals surface area contributed by atoms with Crippen LogP contribution in [0.5, 0.6) is 11.6 Å². The molecule has 0 spiro atoms. The van der Waals surface area contributed by atoms with Crippen LogP contribution < -0.4 is 10.1 Å². The summed E-state index contributed by atoms with van der Waals surface area (Å²) in [4.78, 5) is 25.1. The zero-order valence-corrected chi connectivity index (χ0v) is 18.2. The zero-order chi connectivity index (χ0) is 22.4. The van der Waals surface area contributed by atoms with Gasteiger partial charge in [-0.2, -0.15) is 4.98 Å². The van der Waals surface area contributed by atoms with E-state index < -0.39 is 21.8 Å². The first-order chi connectivity index (χ1) is 14.7. The number of aromatic nitrogens is 2. The lowest BCUT2D eigenvalue weighted by atomic mass is 10.1. The fourth-order valence-electron chi connectivity index (χ4n) is 3.29. The highest BCUT2D eigenvalue weighted by Crippen LogP contribution is 2.34. The van der Waals surface area contributed by atoms with Crippen molar-refractivity contribution in [2.24, 2.45) is 0 Å². The lowest BCUT2D eigenvalue weighted by Gasteiger charge is -2.15. The number of nitrogens with one attached hydrogen (secondary N) is 1. The monoisotopic (exact) mass is 440 g/mol. The van der Waals surface area contributed by atoms with Crippen molar-refractivity contribution < 1.29 is 17.9 Å². The van der Waals surface area contributed by atoms with E-state index in [4.69, 9.17) is 11.3 Å². The zero-order valence-electron chi connectivity index (χ0n) is 17.4. The fourth-order valence-corrected chi connectivity index (χ4v) is 3.81. The molecule has 1 aromatic carbocycles. The predicted molar refractivity (Wildman–Crippen MR) is 117 cm³/mol. The van der Waals surface area contributed by atoms with E-state index in [1.807, 2.05) is 0 Å². The van der Waals surface area contributed by atoms with E-state index in [1.54, 1.807) is 31.2 Å². The summed E-state index contributed by atoms with van der Waals surface area (Å²) in [6.45, 7) is 8.72. The minimum absolute atomic E-state index is 0.129. The smallest absolute Gasteiger partial charge is 0.258 e. The third-order valence-electron chi connectivity index (χ3n) is 4.89. The molecule has 0 saturated heterocycles. The summed E-state index contributed by atoms with van der Waals surface area (Å²) in [5.74, 6) is 0.982. The van der Waals surface area contributed by atoms with E-state index in [-0.39, 0.29) is 17.4 Å². The molecule has 162 valence electrons. The molecule has 0 aliphatic heterocycles. The van der Waals surface area contributed by atoms with E-state index in [9.17, 15) is 13.2 Å². The maximum absolute atomic E-state index is 12.8. The van der Waals surface area contributed by atoms with Gasteiger partial charge in [0.25, 0.3) is 5.91 Å². The molecule has 31 heavy (non-hydrogen) atoms. The minimum atomic E-state index is -3.29. The van der Waals surface area contributed by atoms with Gasteiger partial charge in [0.2, 0.25) is 5.88 Å². The molecular formula is C22H24N4O4S. The molecule has 1 N–H and O–H groups in total. The number of carbonyl (C=O) groups is 1. The first-order valence-electron chi connectivity index (χ1n) is 9.96. The Balaban J connectivity index is 1.87. The lowest BCUT2D eigenvalue weighted by Crippen LogP contribution is -2.31. The summed E-state index contributed by atoms with van der Waals surface area (Å²) in [5, 5.41) is 3.76. The summed E-state index contributed by atoms with van der Waals surface area (Å²) in [6.07, 6.45) is 8.16. The molecular weight excluding hydrogens is 416 g/mol. The molecule has 1 aliphatic rings. The fraction of sp³-hybridized carbons (Fsp3) is 0.364. The van der Waals surface area contributed by atoms with Crippen molar-refractivity contribution >= 4 is 21.4 Å². The predicted octanol–water partition coefficient (Wildman–Crippen LogP) is 4.15. The van der Waals surface area contributed by atoms with E-state index in [2.05, 4.69) is 20.1 Å². The number of rotatable bonds is 7. The molecule has 8 nitrogen and oxygen atoms in total. The number of ether oxygens (including phenoxy) is 1. The Morgan fingerprint density at radius 1 is 1.29 bits per heavy atom. The first kappa shape index (κ1) is 22.4. The van der Waals surface area contributed by atoms with Gasteiger partial charge in [0.1, 0.15) is 17.1 Å². The van der Waals surface area contributed by atoms with E-state index >= 15 is 0 Å². The van der Waals surface area contributed by atoms with E-state index in [1.165, 1.54) is 12.3 Å². The number of nitrogens with zero attached hydrogens (tertiary/aromatic N) is 3. The van der Waals surface area contributed by atoms with Crippen LogP contribution in [-0.2, 0) is 9.84 Å². The SMILES string of the molecule is [C-]#[N+]c1ccc(Oc2nc(C3CCCC3)ncc2C(=O)N[C@@H](C)/C=C/S(C)(=O)=O)cc1. The van der Waals surface area contributed by atoms with Crippen molar-refractivity contribution in [3.8, 4) is 11.6 Å². The van der Waals surface area contributed by atoms with Crippen molar-refractivity contribution in [1.29, 1.82) is 0 Å². The minimum Gasteiger partial charge on any atom is -0.438 e. The summed E-state index contributed by atoms with van der Waals surface area (Å²) in [7, 11) is -3.29. The molecule has 1 aromatic heterocycles. The van der Waals surface area contributed by atoms with Gasteiger partial charge >= 0.3 is 0 Å². The van der Waals surface area contributed by atoms with E-state index in [0.717, 1.165) is 37.3 Å². The Morgan fingerprint density at radius 2 is 1.97 bits per heavy atom. The van der Waals surface area contributed by atoms with Gasteiger partial charge in [0.15, 0.2) is 15.5 Å². The molecule has 3 rings (SSSR count). The summed E-state index contributed by atoms with van der Waals surface area (Å²) in [6, 6.07) is 6.01. The Hall–Kier alpha value is -3.25. The summed E-state index contributed by atoms with van der Waals surface area (Å²) >= 11 is 0. The molecule has 2 aromatic rings. The first-order valence-corrected chi connectivity index (χ1v) is 11.9. The van der Waals surface area contributed by atoms with Gasteiger partial charge < -0.3 is 10.1 Å². The van der Waals surface area contributed by atoms with Crippen LogP contribution in [0.4, 0.5) is 5.69 Å². The van der Waals surface area contributed by atoms with Crippen LogP contribution in [0.3, 0.4) is 0 Å². The Labute approximate surface area is 182 Å². The summed E-state index contributed by atoms with van der Waals surface area (Å²) < 4.78 is 28.5. The molecule has 1 amide bonds. The molecule has 1 fully saturated rings. The highest BCUT2D eigenvalue weighted by atomic mass is 32.2. The molecule has 1 atom stereocenters. The number of benzene rings is 1. The highest BCUT2D eigenvalue weighted by molar-refractivity contribution is 7.93. The molecule has 1 heterocycles. The number of hydrogen-bond acceptors (Lipinski definition) is 6. The van der Waals surface area contributed by atoms with Crippen molar-refractivity contribution in [3.63, 3.8) is 0 Å². The molecule has 0 unspecified atom stereocenters. The maximum atomic E-state index is 12.8. The molecule has 1 aliphatic carbocycles. The van der Waals surface area contributed by atoms with Gasteiger partial charge in [0, 0.05) is 29.8 Å². The number of hydrogen-bond donors (Lipinski definition) is 1. The number of carbonyl (C=O) groups excluding carboxylic acids is 1. The molecule has 1 saturated carbocycles. The van der Waals surface area contributed by atoms with Crippen LogP contribution in [0.2, 0.25) is 0 Å². The second-order valence-corrected chi connectivity index (χ2v) is 9.49. The topological polar surface area (TPSA) is 103 Å². The average molecular weight is 441 g/mol. The number of sulfone groups is 1. The second-order valence-electron chi connectivity index (χ2n) is 7.56. The Kier molecular flexibility index (Phi) is 7.02. The van der Waals surface area contributed by atoms with Crippen LogP contribution in [0.15, 0.2) is 41.9 Å². The van der Waals surface area contributed by atoms with Crippen molar-refractivity contribution in [2.45, 2.75) is 44.6 Å². The van der Waals surface area contributed by atoms with E-state index in [0.29, 0.717) is 17.3 Å². The Bertz CT molecular complexity index is 1120. The van der Waals surface area contributed by atoms with Crippen LogP contribution in [0.25, 0.3) is 4.85 Å². The van der Waals surface area contributed by atoms with Crippen molar-refractivity contribution in [1.82, 2.24) is 15.3 Å².